The van der Waals surface area contributed by atoms with E-state index in [9.17, 15) is 0 Å². The standard InChI is InChI=1S/C20H24ClN5O2/c1-4-26-20(23-24-25-26)22-12-16-10-18(27-5-2)19(11-17(16)21)28-13-15-8-6-7-14(3)9-15/h6-11H,4-5,12-13H2,1-3H3,(H,22,23,25). The lowest BCUT2D eigenvalue weighted by Crippen LogP contribution is -2.09. The number of aromatic nitrogens is 4. The summed E-state index contributed by atoms with van der Waals surface area (Å²) in [7, 11) is 0. The SMILES string of the molecule is CCOc1cc(CNc2nnnn2CC)c(Cl)cc1OCc1cccc(C)c1. The number of ether oxygens (including phenoxy) is 2. The number of nitrogens with one attached hydrogen (secondary N) is 1. The highest BCUT2D eigenvalue weighted by Gasteiger charge is 2.13. The topological polar surface area (TPSA) is 74.1 Å². The Hall–Kier alpha value is -2.80. The van der Waals surface area contributed by atoms with Crippen molar-refractivity contribution in [3.8, 4) is 11.5 Å². The van der Waals surface area contributed by atoms with Gasteiger partial charge in [-0.3, -0.25) is 0 Å². The quantitative estimate of drug-likeness (QED) is 0.578. The van der Waals surface area contributed by atoms with Crippen molar-refractivity contribution in [2.45, 2.75) is 40.5 Å². The average molecular weight is 402 g/mol. The van der Waals surface area contributed by atoms with Gasteiger partial charge in [-0.05, 0) is 48.4 Å². The van der Waals surface area contributed by atoms with Gasteiger partial charge in [0.15, 0.2) is 11.5 Å². The molecule has 0 atom stereocenters. The molecular weight excluding hydrogens is 378 g/mol. The van der Waals surface area contributed by atoms with Crippen LogP contribution in [0.5, 0.6) is 11.5 Å². The molecule has 0 aliphatic heterocycles. The fourth-order valence-corrected chi connectivity index (χ4v) is 3.00. The lowest BCUT2D eigenvalue weighted by molar-refractivity contribution is 0.269. The zero-order valence-corrected chi connectivity index (χ0v) is 17.0. The number of nitrogens with zero attached hydrogens (tertiary/aromatic N) is 4. The predicted molar refractivity (Wildman–Crippen MR) is 109 cm³/mol. The maximum Gasteiger partial charge on any atom is 0.243 e. The van der Waals surface area contributed by atoms with Crippen LogP contribution < -0.4 is 14.8 Å². The van der Waals surface area contributed by atoms with Crippen molar-refractivity contribution in [3.05, 3.63) is 58.1 Å². The lowest BCUT2D eigenvalue weighted by Gasteiger charge is -2.15. The molecule has 0 amide bonds. The number of anilines is 1. The van der Waals surface area contributed by atoms with E-state index >= 15 is 0 Å². The Balaban J connectivity index is 1.75. The van der Waals surface area contributed by atoms with Crippen LogP contribution in [0.15, 0.2) is 36.4 Å². The third kappa shape index (κ3) is 4.92. The lowest BCUT2D eigenvalue weighted by atomic mass is 10.1. The molecule has 3 rings (SSSR count). The van der Waals surface area contributed by atoms with Crippen molar-refractivity contribution < 1.29 is 9.47 Å². The maximum absolute atomic E-state index is 6.49. The number of halogens is 1. The van der Waals surface area contributed by atoms with Crippen molar-refractivity contribution in [3.63, 3.8) is 0 Å². The van der Waals surface area contributed by atoms with Gasteiger partial charge in [0.05, 0.1) is 6.61 Å². The van der Waals surface area contributed by atoms with Crippen LogP contribution in [-0.4, -0.2) is 26.8 Å². The number of tetrazole rings is 1. The minimum Gasteiger partial charge on any atom is -0.490 e. The summed E-state index contributed by atoms with van der Waals surface area (Å²) in [5.41, 5.74) is 3.16. The van der Waals surface area contributed by atoms with E-state index < -0.39 is 0 Å². The van der Waals surface area contributed by atoms with Crippen LogP contribution in [-0.2, 0) is 19.7 Å². The highest BCUT2D eigenvalue weighted by molar-refractivity contribution is 6.31. The van der Waals surface area contributed by atoms with Crippen LogP contribution in [0.2, 0.25) is 5.02 Å². The van der Waals surface area contributed by atoms with Crippen LogP contribution >= 0.6 is 11.6 Å². The van der Waals surface area contributed by atoms with Gasteiger partial charge in [-0.15, -0.1) is 0 Å². The molecule has 1 aromatic heterocycles. The summed E-state index contributed by atoms with van der Waals surface area (Å²) < 4.78 is 13.4. The molecule has 8 heteroatoms. The second-order valence-corrected chi connectivity index (χ2v) is 6.68. The van der Waals surface area contributed by atoms with E-state index in [4.69, 9.17) is 21.1 Å². The number of aryl methyl sites for hydroxylation is 2. The van der Waals surface area contributed by atoms with Gasteiger partial charge in [0, 0.05) is 24.2 Å². The van der Waals surface area contributed by atoms with E-state index in [-0.39, 0.29) is 0 Å². The molecule has 0 saturated carbocycles. The van der Waals surface area contributed by atoms with Gasteiger partial charge in [-0.2, -0.15) is 0 Å². The number of hydrogen-bond acceptors (Lipinski definition) is 6. The zero-order chi connectivity index (χ0) is 19.9. The van der Waals surface area contributed by atoms with Crippen LogP contribution in [0.3, 0.4) is 0 Å². The molecule has 0 aliphatic carbocycles. The van der Waals surface area contributed by atoms with Gasteiger partial charge in [0.1, 0.15) is 6.61 Å². The van der Waals surface area contributed by atoms with Gasteiger partial charge < -0.3 is 14.8 Å². The first kappa shape index (κ1) is 19.9. The first-order chi connectivity index (χ1) is 13.6. The van der Waals surface area contributed by atoms with Gasteiger partial charge >= 0.3 is 0 Å². The molecule has 0 spiro atoms. The maximum atomic E-state index is 6.49. The molecule has 0 radical (unpaired) electrons. The highest BCUT2D eigenvalue weighted by atomic mass is 35.5. The average Bonchev–Trinajstić information content (AvgIpc) is 3.14. The van der Waals surface area contributed by atoms with E-state index in [0.717, 1.165) is 11.1 Å². The van der Waals surface area contributed by atoms with Crippen LogP contribution in [0.1, 0.15) is 30.5 Å². The largest absolute Gasteiger partial charge is 0.490 e. The second-order valence-electron chi connectivity index (χ2n) is 6.27. The number of benzene rings is 2. The van der Waals surface area contributed by atoms with E-state index in [1.807, 2.05) is 32.0 Å². The predicted octanol–water partition coefficient (Wildman–Crippen LogP) is 4.24. The van der Waals surface area contributed by atoms with Crippen LogP contribution in [0, 0.1) is 6.92 Å². The molecular formula is C20H24ClN5O2. The number of rotatable bonds is 9. The smallest absolute Gasteiger partial charge is 0.243 e. The third-order valence-electron chi connectivity index (χ3n) is 4.16. The van der Waals surface area contributed by atoms with Crippen molar-refractivity contribution in [1.29, 1.82) is 0 Å². The molecule has 28 heavy (non-hydrogen) atoms. The van der Waals surface area contributed by atoms with E-state index in [1.165, 1.54) is 5.56 Å². The minimum absolute atomic E-state index is 0.445. The fourth-order valence-electron chi connectivity index (χ4n) is 2.78. The zero-order valence-electron chi connectivity index (χ0n) is 16.3. The Morgan fingerprint density at radius 3 is 2.68 bits per heavy atom. The molecule has 0 saturated heterocycles. The van der Waals surface area contributed by atoms with Gasteiger partial charge in [0.2, 0.25) is 5.95 Å². The molecule has 1 heterocycles. The summed E-state index contributed by atoms with van der Waals surface area (Å²) in [4.78, 5) is 0. The Bertz CT molecular complexity index is 929. The summed E-state index contributed by atoms with van der Waals surface area (Å²) in [5.74, 6) is 1.87. The molecule has 0 bridgehead atoms. The first-order valence-electron chi connectivity index (χ1n) is 9.24. The third-order valence-corrected chi connectivity index (χ3v) is 4.51. The first-order valence-corrected chi connectivity index (χ1v) is 9.62. The molecule has 3 aromatic rings. The Kier molecular flexibility index (Phi) is 6.71. The molecule has 0 fully saturated rings. The highest BCUT2D eigenvalue weighted by Crippen LogP contribution is 2.34. The second kappa shape index (κ2) is 9.41. The van der Waals surface area contributed by atoms with Crippen molar-refractivity contribution in [2.24, 2.45) is 0 Å². The fraction of sp³-hybridized carbons (Fsp3) is 0.350. The van der Waals surface area contributed by atoms with Crippen LogP contribution in [0.25, 0.3) is 0 Å². The number of hydrogen-bond donors (Lipinski definition) is 1. The minimum atomic E-state index is 0.445. The van der Waals surface area contributed by atoms with Gasteiger partial charge in [-0.25, -0.2) is 4.68 Å². The molecule has 1 N–H and O–H groups in total. The Morgan fingerprint density at radius 2 is 1.93 bits per heavy atom. The van der Waals surface area contributed by atoms with Crippen LogP contribution in [0.4, 0.5) is 5.95 Å². The van der Waals surface area contributed by atoms with Crippen molar-refractivity contribution >= 4 is 17.5 Å². The molecule has 2 aromatic carbocycles. The van der Waals surface area contributed by atoms with Crippen molar-refractivity contribution in [2.75, 3.05) is 11.9 Å². The summed E-state index contributed by atoms with van der Waals surface area (Å²) in [6.45, 7) is 8.10. The normalized spacial score (nSPS) is 10.7. The summed E-state index contributed by atoms with van der Waals surface area (Å²) in [5, 5.41) is 15.3. The van der Waals surface area contributed by atoms with Crippen molar-refractivity contribution in [1.82, 2.24) is 20.2 Å². The van der Waals surface area contributed by atoms with E-state index in [1.54, 1.807) is 10.7 Å². The molecule has 0 aliphatic rings. The monoisotopic (exact) mass is 401 g/mol. The molecule has 148 valence electrons. The molecule has 0 unspecified atom stereocenters. The summed E-state index contributed by atoms with van der Waals surface area (Å²) in [6.07, 6.45) is 0. The molecule has 7 nitrogen and oxygen atoms in total. The van der Waals surface area contributed by atoms with E-state index in [0.29, 0.717) is 48.8 Å². The Labute approximate surface area is 169 Å². The summed E-state index contributed by atoms with van der Waals surface area (Å²) >= 11 is 6.49. The van der Waals surface area contributed by atoms with Gasteiger partial charge in [-0.1, -0.05) is 46.5 Å². The van der Waals surface area contributed by atoms with E-state index in [2.05, 4.69) is 39.9 Å². The Morgan fingerprint density at radius 1 is 1.11 bits per heavy atom. The summed E-state index contributed by atoms with van der Waals surface area (Å²) in [6, 6.07) is 11.9. The van der Waals surface area contributed by atoms with Gasteiger partial charge in [0.25, 0.3) is 0 Å².